The van der Waals surface area contributed by atoms with Crippen LogP contribution in [0.15, 0.2) is 0 Å². The summed E-state index contributed by atoms with van der Waals surface area (Å²) in [6.07, 6.45) is 3.52. The second-order valence-electron chi connectivity index (χ2n) is 2.62. The number of carbonyl (C=O) groups is 1. The summed E-state index contributed by atoms with van der Waals surface area (Å²) in [7, 11) is 0. The number of nitrogens with zero attached hydrogens (tertiary/aromatic N) is 1. The summed E-state index contributed by atoms with van der Waals surface area (Å²) < 4.78 is 0. The predicted molar refractivity (Wildman–Crippen MR) is 38.9 cm³/mol. The van der Waals surface area contributed by atoms with Gasteiger partial charge in [-0.15, -0.1) is 0 Å². The molecule has 3 heteroatoms. The molecule has 1 heterocycles. The smallest absolute Gasteiger partial charge is 0.231 e. The summed E-state index contributed by atoms with van der Waals surface area (Å²) >= 11 is 0. The van der Waals surface area contributed by atoms with Gasteiger partial charge in [0.2, 0.25) is 5.91 Å². The number of hydrogen-bond acceptors (Lipinski definition) is 2. The summed E-state index contributed by atoms with van der Waals surface area (Å²) in [6.45, 7) is 3.44. The van der Waals surface area contributed by atoms with Crippen LogP contribution in [0.25, 0.3) is 0 Å². The summed E-state index contributed by atoms with van der Waals surface area (Å²) in [5, 5.41) is 0. The van der Waals surface area contributed by atoms with Crippen molar-refractivity contribution >= 4 is 5.91 Å². The second-order valence-corrected chi connectivity index (χ2v) is 2.62. The van der Waals surface area contributed by atoms with Crippen molar-refractivity contribution in [3.05, 3.63) is 6.54 Å². The van der Waals surface area contributed by atoms with E-state index in [2.05, 4.69) is 6.54 Å². The zero-order chi connectivity index (χ0) is 7.40. The van der Waals surface area contributed by atoms with Crippen LogP contribution in [0.1, 0.15) is 19.3 Å². The van der Waals surface area contributed by atoms with Gasteiger partial charge in [0, 0.05) is 6.54 Å². The van der Waals surface area contributed by atoms with Crippen LogP contribution in [0, 0.1) is 6.54 Å². The van der Waals surface area contributed by atoms with Crippen molar-refractivity contribution in [2.45, 2.75) is 19.3 Å². The largest absolute Gasteiger partial charge is 0.369 e. The molecule has 10 heavy (non-hydrogen) atoms. The third-order valence-corrected chi connectivity index (χ3v) is 1.65. The van der Waals surface area contributed by atoms with Crippen LogP contribution < -0.4 is 5.73 Å². The molecule has 2 N–H and O–H groups in total. The Hall–Kier alpha value is -0.570. The number of amides is 1. The number of nitrogens with two attached hydrogens (primary N) is 1. The molecule has 0 bridgehead atoms. The lowest BCUT2D eigenvalue weighted by Crippen LogP contribution is -2.34. The van der Waals surface area contributed by atoms with E-state index in [0.29, 0.717) is 6.54 Å². The summed E-state index contributed by atoms with van der Waals surface area (Å²) in [5.74, 6) is -0.238. The van der Waals surface area contributed by atoms with Crippen molar-refractivity contribution in [2.75, 3.05) is 13.1 Å². The van der Waals surface area contributed by atoms with Crippen molar-refractivity contribution in [2.24, 2.45) is 5.73 Å². The average Bonchev–Trinajstić information content (AvgIpc) is 1.88. The van der Waals surface area contributed by atoms with Crippen LogP contribution in [-0.2, 0) is 4.79 Å². The van der Waals surface area contributed by atoms with E-state index in [0.717, 1.165) is 13.0 Å². The highest BCUT2D eigenvalue weighted by Gasteiger charge is 2.11. The van der Waals surface area contributed by atoms with Gasteiger partial charge in [0.1, 0.15) is 0 Å². The van der Waals surface area contributed by atoms with E-state index < -0.39 is 0 Å². The highest BCUT2D eigenvalue weighted by atomic mass is 16.1. The fourth-order valence-corrected chi connectivity index (χ4v) is 1.17. The lowest BCUT2D eigenvalue weighted by Gasteiger charge is -2.23. The standard InChI is InChI=1S/C7H13N2O/c8-7(10)6-9-4-2-1-3-5-9/h4H,1-3,5-6H2,(H2,8,10). The molecule has 0 aliphatic carbocycles. The molecule has 57 valence electrons. The molecular weight excluding hydrogens is 128 g/mol. The maximum atomic E-state index is 10.4. The van der Waals surface area contributed by atoms with E-state index in [1.807, 2.05) is 4.90 Å². The Morgan fingerprint density at radius 3 is 2.90 bits per heavy atom. The fourth-order valence-electron chi connectivity index (χ4n) is 1.17. The average molecular weight is 141 g/mol. The first kappa shape index (κ1) is 7.54. The third kappa shape index (κ3) is 2.35. The zero-order valence-corrected chi connectivity index (χ0v) is 6.05. The molecular formula is C7H13N2O. The molecule has 0 saturated carbocycles. The molecule has 0 atom stereocenters. The van der Waals surface area contributed by atoms with Gasteiger partial charge in [0.05, 0.1) is 6.54 Å². The molecule has 0 aromatic rings. The number of hydrogen-bond donors (Lipinski definition) is 1. The van der Waals surface area contributed by atoms with Gasteiger partial charge in [0.15, 0.2) is 0 Å². The van der Waals surface area contributed by atoms with Crippen LogP contribution in [0.2, 0.25) is 0 Å². The Morgan fingerprint density at radius 2 is 2.40 bits per heavy atom. The minimum atomic E-state index is -0.238. The van der Waals surface area contributed by atoms with Crippen molar-refractivity contribution in [3.63, 3.8) is 0 Å². The van der Waals surface area contributed by atoms with E-state index in [9.17, 15) is 4.79 Å². The second kappa shape index (κ2) is 3.56. The van der Waals surface area contributed by atoms with Crippen molar-refractivity contribution < 1.29 is 4.79 Å². The van der Waals surface area contributed by atoms with Crippen molar-refractivity contribution in [3.8, 4) is 0 Å². The lowest BCUT2D eigenvalue weighted by atomic mass is 10.1. The van der Waals surface area contributed by atoms with Crippen LogP contribution in [0.4, 0.5) is 0 Å². The van der Waals surface area contributed by atoms with E-state index >= 15 is 0 Å². The topological polar surface area (TPSA) is 46.3 Å². The van der Waals surface area contributed by atoms with Gasteiger partial charge in [-0.25, -0.2) is 0 Å². The van der Waals surface area contributed by atoms with Crippen LogP contribution in [-0.4, -0.2) is 23.9 Å². The quantitative estimate of drug-likeness (QED) is 0.593. The monoisotopic (exact) mass is 141 g/mol. The Labute approximate surface area is 61.2 Å². The first-order valence-electron chi connectivity index (χ1n) is 3.65. The molecule has 1 radical (unpaired) electrons. The highest BCUT2D eigenvalue weighted by molar-refractivity contribution is 5.76. The van der Waals surface area contributed by atoms with Crippen LogP contribution >= 0.6 is 0 Å². The third-order valence-electron chi connectivity index (χ3n) is 1.65. The van der Waals surface area contributed by atoms with Gasteiger partial charge >= 0.3 is 0 Å². The zero-order valence-electron chi connectivity index (χ0n) is 6.05. The summed E-state index contributed by atoms with van der Waals surface area (Å²) in [6, 6.07) is 0. The molecule has 3 nitrogen and oxygen atoms in total. The molecule has 0 aromatic heterocycles. The molecule has 1 saturated heterocycles. The minimum Gasteiger partial charge on any atom is -0.369 e. The van der Waals surface area contributed by atoms with Crippen molar-refractivity contribution in [1.82, 2.24) is 4.90 Å². The first-order chi connectivity index (χ1) is 4.79. The lowest BCUT2D eigenvalue weighted by molar-refractivity contribution is -0.118. The number of primary amides is 1. The molecule has 0 aromatic carbocycles. The molecule has 1 aliphatic heterocycles. The Kier molecular flexibility index (Phi) is 2.68. The molecule has 0 unspecified atom stereocenters. The summed E-state index contributed by atoms with van der Waals surface area (Å²) in [5.41, 5.74) is 5.02. The van der Waals surface area contributed by atoms with Gasteiger partial charge in [-0.2, -0.15) is 0 Å². The summed E-state index contributed by atoms with van der Waals surface area (Å²) in [4.78, 5) is 12.4. The normalized spacial score (nSPS) is 20.8. The minimum absolute atomic E-state index is 0.238. The van der Waals surface area contributed by atoms with E-state index in [-0.39, 0.29) is 5.91 Å². The number of carbonyl (C=O) groups excluding carboxylic acids is 1. The number of likely N-dealkylation sites (tertiary alicyclic amines) is 1. The van der Waals surface area contributed by atoms with Crippen LogP contribution in [0.3, 0.4) is 0 Å². The molecule has 1 fully saturated rings. The van der Waals surface area contributed by atoms with E-state index in [4.69, 9.17) is 5.73 Å². The predicted octanol–water partition coefficient (Wildman–Crippen LogP) is 0.119. The van der Waals surface area contributed by atoms with Crippen LogP contribution in [0.5, 0.6) is 0 Å². The maximum absolute atomic E-state index is 10.4. The molecule has 1 aliphatic rings. The number of piperidine rings is 1. The molecule has 0 spiro atoms. The van der Waals surface area contributed by atoms with Gasteiger partial charge in [-0.05, 0) is 19.4 Å². The van der Waals surface area contributed by atoms with Gasteiger partial charge in [-0.3, -0.25) is 9.69 Å². The maximum Gasteiger partial charge on any atom is 0.231 e. The van der Waals surface area contributed by atoms with E-state index in [1.165, 1.54) is 12.8 Å². The van der Waals surface area contributed by atoms with Crippen molar-refractivity contribution in [1.29, 1.82) is 0 Å². The van der Waals surface area contributed by atoms with Gasteiger partial charge in [0.25, 0.3) is 0 Å². The fraction of sp³-hybridized carbons (Fsp3) is 0.714. The Bertz CT molecular complexity index is 119. The Balaban J connectivity index is 2.19. The number of rotatable bonds is 2. The van der Waals surface area contributed by atoms with Gasteiger partial charge < -0.3 is 5.73 Å². The van der Waals surface area contributed by atoms with Gasteiger partial charge in [-0.1, -0.05) is 6.42 Å². The molecule has 1 rings (SSSR count). The highest BCUT2D eigenvalue weighted by Crippen LogP contribution is 2.11. The Morgan fingerprint density at radius 1 is 1.60 bits per heavy atom. The van der Waals surface area contributed by atoms with E-state index in [1.54, 1.807) is 0 Å². The first-order valence-corrected chi connectivity index (χ1v) is 3.65. The molecule has 1 amide bonds. The SMILES string of the molecule is NC(=O)CN1[CH]CCCC1.